The molecule has 8 aliphatic rings. The van der Waals surface area contributed by atoms with Crippen LogP contribution in [0.2, 0.25) is 0 Å². The summed E-state index contributed by atoms with van der Waals surface area (Å²) in [6, 6.07) is 34.5. The van der Waals surface area contributed by atoms with E-state index in [1.807, 2.05) is 58.3 Å². The van der Waals surface area contributed by atoms with Crippen LogP contribution in [-0.2, 0) is 38.5 Å². The molecule has 0 radical (unpaired) electrons. The molecule has 8 aliphatic heterocycles. The Morgan fingerprint density at radius 2 is 1.18 bits per heavy atom. The van der Waals surface area contributed by atoms with Crippen LogP contribution in [0.3, 0.4) is 0 Å². The maximum absolute atomic E-state index is 10.2. The fraction of sp³-hybridized carbons (Fsp3) is 0.323. The van der Waals surface area contributed by atoms with Gasteiger partial charge >= 0.3 is 11.6 Å². The van der Waals surface area contributed by atoms with Crippen LogP contribution in [0.15, 0.2) is 116 Å². The van der Waals surface area contributed by atoms with Gasteiger partial charge in [-0.1, -0.05) is 24.6 Å². The van der Waals surface area contributed by atoms with Gasteiger partial charge in [0.15, 0.2) is 30.4 Å². The largest absolute Gasteiger partial charge is 0.363 e. The number of nitrogens with one attached hydrogen (secondary N) is 1. The topological polar surface area (TPSA) is 100 Å². The Labute approximate surface area is 449 Å². The fourth-order valence-electron chi connectivity index (χ4n) is 12.9. The molecule has 0 aliphatic carbocycles. The molecule has 3 aromatic heterocycles. The summed E-state index contributed by atoms with van der Waals surface area (Å²) in [6.07, 6.45) is 20.6. The zero-order chi connectivity index (χ0) is 51.6. The van der Waals surface area contributed by atoms with Gasteiger partial charge in [0.25, 0.3) is 0 Å². The molecule has 7 aromatic rings. The molecule has 0 saturated carbocycles. The number of anilines is 8. The molecule has 382 valence electrons. The Morgan fingerprint density at radius 3 is 1.90 bits per heavy atom. The molecule has 18 bridgehead atoms. The van der Waals surface area contributed by atoms with Gasteiger partial charge in [-0.3, -0.25) is 9.68 Å². The van der Waals surface area contributed by atoms with Crippen molar-refractivity contribution >= 4 is 57.1 Å². The number of nitrogens with zero attached hydrogens (tertiary/aromatic N) is 11. The number of nitriles is 1. The molecule has 0 fully saturated rings. The SMILES string of the molecule is [C-]#[N+]c1cc2c3c(c1)N(CCCc1cc4ccc1CCCN1CN5c6c(cc([N+]#[C-])cc61)O[n+]1ccc(cc15)CCC(CCCc1ccc[n+](c1)O2)CCc1cc[n+]2c(c1)N1CN(CCC4)c4cc(C#N)cc(c41)O2)CN3. The molecular formula is C62H59N12O3+3. The Hall–Kier alpha value is -9.00. The van der Waals surface area contributed by atoms with E-state index in [0.717, 1.165) is 149 Å². The lowest BCUT2D eigenvalue weighted by atomic mass is 9.88. The summed E-state index contributed by atoms with van der Waals surface area (Å²) in [7, 11) is 0. The summed E-state index contributed by atoms with van der Waals surface area (Å²) in [6.45, 7) is 20.6. The van der Waals surface area contributed by atoms with Gasteiger partial charge in [0.2, 0.25) is 35.3 Å². The third kappa shape index (κ3) is 8.64. The normalized spacial score (nSPS) is 18.0. The first kappa shape index (κ1) is 46.5. The molecule has 11 heterocycles. The summed E-state index contributed by atoms with van der Waals surface area (Å²) in [5.41, 5.74) is 15.6. The second-order valence-electron chi connectivity index (χ2n) is 21.6. The third-order valence-electron chi connectivity index (χ3n) is 16.8. The molecule has 15 rings (SSSR count). The Bertz CT molecular complexity index is 3670. The van der Waals surface area contributed by atoms with E-state index >= 15 is 0 Å². The molecule has 15 nitrogen and oxygen atoms in total. The number of hydrogen-bond acceptors (Lipinski definition) is 10. The van der Waals surface area contributed by atoms with E-state index in [0.29, 0.717) is 60.1 Å². The lowest BCUT2D eigenvalue weighted by Crippen LogP contribution is -2.48. The second-order valence-corrected chi connectivity index (χ2v) is 21.6. The van der Waals surface area contributed by atoms with Crippen LogP contribution in [0.25, 0.3) is 9.69 Å². The van der Waals surface area contributed by atoms with Crippen LogP contribution in [0, 0.1) is 30.4 Å². The van der Waals surface area contributed by atoms with Gasteiger partial charge in [-0.05, 0) is 169 Å². The number of rotatable bonds is 0. The number of hydrogen-bond donors (Lipinski definition) is 1. The average Bonchev–Trinajstić information content (AvgIpc) is 4.32. The van der Waals surface area contributed by atoms with Gasteiger partial charge in [0, 0.05) is 54.2 Å². The lowest BCUT2D eigenvalue weighted by molar-refractivity contribution is -0.875. The van der Waals surface area contributed by atoms with Crippen molar-refractivity contribution in [1.82, 2.24) is 0 Å². The molecule has 15 heteroatoms. The van der Waals surface area contributed by atoms with Gasteiger partial charge in [-0.2, -0.15) is 5.26 Å². The Kier molecular flexibility index (Phi) is 11.7. The lowest BCUT2D eigenvalue weighted by Gasteiger charge is -2.22. The third-order valence-corrected chi connectivity index (χ3v) is 16.8. The number of aryl methyl sites for hydroxylation is 6. The van der Waals surface area contributed by atoms with Crippen LogP contribution in [0.1, 0.15) is 83.9 Å². The number of fused-ring (bicyclic) bond motifs is 6. The highest BCUT2D eigenvalue weighted by Gasteiger charge is 2.45. The van der Waals surface area contributed by atoms with Crippen LogP contribution in [0.5, 0.6) is 17.2 Å². The van der Waals surface area contributed by atoms with Gasteiger partial charge in [0.05, 0.1) is 48.5 Å². The first-order chi connectivity index (χ1) is 37.9. The molecule has 0 spiro atoms. The minimum absolute atomic E-state index is 0.445. The molecule has 1 unspecified atom stereocenters. The molecule has 1 atom stereocenters. The summed E-state index contributed by atoms with van der Waals surface area (Å²) >= 11 is 0. The van der Waals surface area contributed by atoms with E-state index < -0.39 is 0 Å². The zero-order valence-electron chi connectivity index (χ0n) is 43.1. The predicted molar refractivity (Wildman–Crippen MR) is 294 cm³/mol. The van der Waals surface area contributed by atoms with Crippen molar-refractivity contribution < 1.29 is 28.7 Å². The van der Waals surface area contributed by atoms with E-state index in [1.165, 1.54) is 33.4 Å². The van der Waals surface area contributed by atoms with Crippen LogP contribution in [0.4, 0.5) is 57.1 Å². The van der Waals surface area contributed by atoms with E-state index in [9.17, 15) is 5.26 Å². The zero-order valence-corrected chi connectivity index (χ0v) is 43.1. The molecule has 77 heavy (non-hydrogen) atoms. The summed E-state index contributed by atoms with van der Waals surface area (Å²) in [5.74, 6) is 4.53. The maximum Gasteiger partial charge on any atom is 0.323 e. The molecule has 0 amide bonds. The summed E-state index contributed by atoms with van der Waals surface area (Å²) in [5, 5.41) is 13.8. The number of aromatic nitrogens is 3. The molecular weight excluding hydrogens is 961 g/mol. The highest BCUT2D eigenvalue weighted by atomic mass is 16.7. The van der Waals surface area contributed by atoms with Crippen LogP contribution in [-0.4, -0.2) is 39.6 Å². The van der Waals surface area contributed by atoms with Crippen molar-refractivity contribution in [3.8, 4) is 23.3 Å². The molecule has 0 saturated heterocycles. The van der Waals surface area contributed by atoms with Crippen molar-refractivity contribution in [2.45, 2.75) is 83.5 Å². The Morgan fingerprint density at radius 1 is 0.558 bits per heavy atom. The summed E-state index contributed by atoms with van der Waals surface area (Å²) in [4.78, 5) is 39.6. The summed E-state index contributed by atoms with van der Waals surface area (Å²) < 4.78 is 5.55. The minimum atomic E-state index is 0.445. The van der Waals surface area contributed by atoms with Crippen molar-refractivity contribution in [2.24, 2.45) is 5.92 Å². The quantitative estimate of drug-likeness (QED) is 0.117. The second kappa shape index (κ2) is 19.3. The number of pyridine rings is 3. The van der Waals surface area contributed by atoms with Gasteiger partial charge < -0.3 is 20.0 Å². The van der Waals surface area contributed by atoms with Gasteiger partial charge in [-0.25, -0.2) is 24.3 Å². The van der Waals surface area contributed by atoms with E-state index in [2.05, 4.69) is 113 Å². The van der Waals surface area contributed by atoms with E-state index in [1.54, 1.807) is 4.73 Å². The first-order valence-electron chi connectivity index (χ1n) is 27.4. The predicted octanol–water partition coefficient (Wildman–Crippen LogP) is 10.4. The average molecular weight is 1020 g/mol. The highest BCUT2D eigenvalue weighted by Crippen LogP contribution is 2.51. The van der Waals surface area contributed by atoms with Gasteiger partial charge in [-0.15, -0.1) is 0 Å². The minimum Gasteiger partial charge on any atom is -0.363 e. The smallest absolute Gasteiger partial charge is 0.323 e. The first-order valence-corrected chi connectivity index (χ1v) is 27.4. The standard InChI is InChI=1S/C62H59N12O3/c1-64-50-33-52-60-55(35-50)75-70-25-5-11-46(38-70)9-3-8-42-14-16-44-20-26-73-58(31-44)71-40-68(53-29-47(37-63)30-56(76-73)61(53)71)23-4-10-43-18-19-48(49(28-43)13-7-22-67(52)39-66-60)12-6-24-69-41-72-59-32-45(17-15-42)21-27-74(59)77-57-36-51(65-2)34-54(69)62(57)72/h5,11,18-21,25-36,38,42,66H,3-4,6-10,12-17,22-24,39-41H2/q+3. The fourth-order valence-corrected chi connectivity index (χ4v) is 12.9. The maximum atomic E-state index is 10.2. The monoisotopic (exact) mass is 1020 g/mol. The van der Waals surface area contributed by atoms with Crippen LogP contribution >= 0.6 is 0 Å². The Balaban J connectivity index is 0.857. The van der Waals surface area contributed by atoms with Crippen LogP contribution < -0.4 is 58.5 Å². The van der Waals surface area contributed by atoms with Crippen molar-refractivity contribution in [3.05, 3.63) is 178 Å². The van der Waals surface area contributed by atoms with Gasteiger partial charge in [0.1, 0.15) is 18.1 Å². The highest BCUT2D eigenvalue weighted by molar-refractivity contribution is 5.90. The van der Waals surface area contributed by atoms with Crippen molar-refractivity contribution in [2.75, 3.05) is 69.5 Å². The molecule has 1 N–H and O–H groups in total. The number of benzene rings is 4. The van der Waals surface area contributed by atoms with E-state index in [-0.39, 0.29) is 0 Å². The van der Waals surface area contributed by atoms with Crippen molar-refractivity contribution in [3.63, 3.8) is 0 Å². The van der Waals surface area contributed by atoms with E-state index in [4.69, 9.17) is 27.7 Å². The molecule has 4 aromatic carbocycles. The van der Waals surface area contributed by atoms with Crippen molar-refractivity contribution in [1.29, 1.82) is 5.26 Å².